The maximum Gasteiger partial charge on any atom is 0.410 e. The van der Waals surface area contributed by atoms with Crippen LogP contribution in [0.5, 0.6) is 0 Å². The first-order chi connectivity index (χ1) is 33.1. The molecule has 10 rings (SSSR count). The molecule has 4 aliphatic heterocycles. The largest absolute Gasteiger partial charge is 0.439 e. The van der Waals surface area contributed by atoms with Crippen molar-refractivity contribution in [2.45, 2.75) is 89.6 Å². The number of anilines is 3. The molecule has 1 aliphatic carbocycles. The Morgan fingerprint density at radius 1 is 0.928 bits per heavy atom. The topological polar surface area (TPSA) is 236 Å². The number of piperidine rings is 2. The van der Waals surface area contributed by atoms with Gasteiger partial charge in [0.15, 0.2) is 35.5 Å². The van der Waals surface area contributed by atoms with Crippen LogP contribution in [0.4, 0.5) is 30.8 Å². The van der Waals surface area contributed by atoms with Crippen molar-refractivity contribution in [3.63, 3.8) is 0 Å². The highest BCUT2D eigenvalue weighted by Gasteiger charge is 2.39. The number of halogens is 2. The van der Waals surface area contributed by atoms with Crippen LogP contribution in [0.3, 0.4) is 0 Å². The lowest BCUT2D eigenvalue weighted by Crippen LogP contribution is -2.50. The summed E-state index contributed by atoms with van der Waals surface area (Å²) in [5.74, 6) is -0.579. The Bertz CT molecular complexity index is 2800. The number of imide groups is 1. The highest BCUT2D eigenvalue weighted by molar-refractivity contribution is 6.02. The fourth-order valence-electron chi connectivity index (χ4n) is 9.91. The van der Waals surface area contributed by atoms with Gasteiger partial charge in [0, 0.05) is 94.7 Å². The molecule has 4 aromatic heterocycles. The first kappa shape index (κ1) is 45.9. The van der Waals surface area contributed by atoms with Gasteiger partial charge in [0.05, 0.1) is 16.5 Å². The van der Waals surface area contributed by atoms with Gasteiger partial charge in [0.1, 0.15) is 35.3 Å². The average molecular weight is 951 g/mol. The quantitative estimate of drug-likeness (QED) is 0.154. The number of likely N-dealkylation sites (tertiary alicyclic amines) is 2. The summed E-state index contributed by atoms with van der Waals surface area (Å²) in [6, 6.07) is 1.62. The first-order valence-corrected chi connectivity index (χ1v) is 23.7. The molecule has 4 N–H and O–H groups in total. The highest BCUT2D eigenvalue weighted by atomic mass is 19.1. The second-order valence-electron chi connectivity index (χ2n) is 19.9. The average Bonchev–Trinajstić information content (AvgIpc) is 3.91. The van der Waals surface area contributed by atoms with Crippen LogP contribution >= 0.6 is 0 Å². The number of nitrogen functional groups attached to an aromatic ring is 1. The molecule has 0 radical (unpaired) electrons. The number of aromatic nitrogens is 7. The van der Waals surface area contributed by atoms with E-state index in [1.165, 1.54) is 18.5 Å². The molecule has 1 atom stereocenters. The number of aryl methyl sites for hydroxylation is 1. The fourth-order valence-corrected chi connectivity index (χ4v) is 9.91. The number of amides is 4. The van der Waals surface area contributed by atoms with Crippen molar-refractivity contribution in [2.75, 3.05) is 81.5 Å². The van der Waals surface area contributed by atoms with Gasteiger partial charge in [0.25, 0.3) is 5.91 Å². The molecule has 0 bridgehead atoms. The molecular formula is C47H56F2N14O6. The van der Waals surface area contributed by atoms with Crippen LogP contribution < -0.4 is 21.3 Å². The Morgan fingerprint density at radius 3 is 2.32 bits per heavy atom. The molecule has 1 aromatic carbocycles. The number of fused-ring (bicyclic) bond motifs is 1. The normalized spacial score (nSPS) is 19.8. The molecule has 5 aliphatic rings. The standard InChI is InChI=1S/C47H56F2N14O6/c1-25-30(19-51-43(54-25)36-39(58-69-41(36)27-5-6-27)38-37-42(50)52-24-53-44(37)63(57-38)47(2,3)4)28-21-62(22-28)46(67)68-23-35(65)60-11-9-26(10-12-60)20-59-13-15-61(16-14-59)40-31(48)17-29(18-32(40)49)55-33-7-8-34(64)56-45(33)66/h17-19,24,26-28,33,55H,5-16,20-23H2,1-4H3,(H2,50,52,53)(H,56,64,66)/t33-/m1/s1. The second kappa shape index (κ2) is 18.2. The van der Waals surface area contributed by atoms with Crippen LogP contribution in [0.2, 0.25) is 0 Å². The predicted octanol–water partition coefficient (Wildman–Crippen LogP) is 4.55. The van der Waals surface area contributed by atoms with Crippen molar-refractivity contribution in [1.29, 1.82) is 0 Å². The van der Waals surface area contributed by atoms with E-state index in [0.29, 0.717) is 97.8 Å². The summed E-state index contributed by atoms with van der Waals surface area (Å²) in [6.45, 7) is 12.5. The van der Waals surface area contributed by atoms with Gasteiger partial charge in [-0.3, -0.25) is 24.6 Å². The van der Waals surface area contributed by atoms with E-state index in [2.05, 4.69) is 30.7 Å². The minimum Gasteiger partial charge on any atom is -0.439 e. The van der Waals surface area contributed by atoms with Gasteiger partial charge < -0.3 is 35.0 Å². The van der Waals surface area contributed by atoms with Gasteiger partial charge in [-0.15, -0.1) is 0 Å². The zero-order chi connectivity index (χ0) is 48.3. The third-order valence-electron chi connectivity index (χ3n) is 13.9. The summed E-state index contributed by atoms with van der Waals surface area (Å²) in [4.78, 5) is 75.6. The Hall–Kier alpha value is -6.84. The summed E-state index contributed by atoms with van der Waals surface area (Å²) in [6.07, 6.45) is 6.59. The first-order valence-electron chi connectivity index (χ1n) is 23.7. The molecular weight excluding hydrogens is 895 g/mol. The van der Waals surface area contributed by atoms with Gasteiger partial charge in [-0.1, -0.05) is 5.16 Å². The van der Waals surface area contributed by atoms with Crippen molar-refractivity contribution < 1.29 is 37.2 Å². The summed E-state index contributed by atoms with van der Waals surface area (Å²) in [5.41, 5.74) is 9.94. The molecule has 0 spiro atoms. The number of hydrogen-bond donors (Lipinski definition) is 3. The monoisotopic (exact) mass is 950 g/mol. The number of nitrogens with two attached hydrogens (primary N) is 1. The number of carbonyl (C=O) groups excluding carboxylic acids is 4. The van der Waals surface area contributed by atoms with E-state index in [-0.39, 0.29) is 60.3 Å². The Balaban J connectivity index is 0.680. The Morgan fingerprint density at radius 2 is 1.65 bits per heavy atom. The smallest absolute Gasteiger partial charge is 0.410 e. The Labute approximate surface area is 396 Å². The van der Waals surface area contributed by atoms with Crippen molar-refractivity contribution in [3.05, 3.63) is 53.3 Å². The summed E-state index contributed by atoms with van der Waals surface area (Å²) in [7, 11) is 0. The minimum absolute atomic E-state index is 0.0116. The van der Waals surface area contributed by atoms with Crippen LogP contribution in [0.15, 0.2) is 29.2 Å². The van der Waals surface area contributed by atoms with E-state index in [0.717, 1.165) is 43.5 Å². The second-order valence-corrected chi connectivity index (χ2v) is 19.9. The van der Waals surface area contributed by atoms with Crippen LogP contribution in [0.25, 0.3) is 33.8 Å². The number of nitrogens with zero attached hydrogens (tertiary/aromatic N) is 11. The van der Waals surface area contributed by atoms with E-state index in [1.54, 1.807) is 20.9 Å². The summed E-state index contributed by atoms with van der Waals surface area (Å²) in [5, 5.41) is 15.1. The number of carbonyl (C=O) groups is 4. The van der Waals surface area contributed by atoms with Crippen LogP contribution in [-0.2, 0) is 24.7 Å². The maximum atomic E-state index is 15.3. The molecule has 1 saturated carbocycles. The lowest BCUT2D eigenvalue weighted by Gasteiger charge is -2.40. The number of ether oxygens (including phenoxy) is 1. The summed E-state index contributed by atoms with van der Waals surface area (Å²) >= 11 is 0. The van der Waals surface area contributed by atoms with Gasteiger partial charge in [0.2, 0.25) is 11.8 Å². The molecule has 69 heavy (non-hydrogen) atoms. The SMILES string of the molecule is Cc1nc(-c2c(-c3nn(C(C)(C)C)c4ncnc(N)c34)noc2C2CC2)ncc1C1CN(C(=O)OCC(=O)N2CCC(CN3CCN(c4c(F)cc(N[C@@H]5CCC(=O)NC5=O)cc4F)CC3)CC2)C1. The molecule has 5 fully saturated rings. The van der Waals surface area contributed by atoms with E-state index in [4.69, 9.17) is 30.1 Å². The molecule has 5 aromatic rings. The number of rotatable bonds is 11. The van der Waals surface area contributed by atoms with E-state index in [1.807, 2.05) is 32.4 Å². The molecule has 8 heterocycles. The lowest BCUT2D eigenvalue weighted by molar-refractivity contribution is -0.136. The van der Waals surface area contributed by atoms with E-state index in [9.17, 15) is 19.2 Å². The van der Waals surface area contributed by atoms with Gasteiger partial charge in [-0.05, 0) is 83.4 Å². The van der Waals surface area contributed by atoms with Crippen LogP contribution in [0.1, 0.15) is 88.1 Å². The van der Waals surface area contributed by atoms with Gasteiger partial charge in [-0.25, -0.2) is 38.2 Å². The maximum absolute atomic E-state index is 15.3. The third-order valence-corrected chi connectivity index (χ3v) is 13.9. The van der Waals surface area contributed by atoms with Gasteiger partial charge >= 0.3 is 6.09 Å². The predicted molar refractivity (Wildman–Crippen MR) is 248 cm³/mol. The molecule has 0 unspecified atom stereocenters. The van der Waals surface area contributed by atoms with Crippen molar-refractivity contribution in [2.24, 2.45) is 5.92 Å². The number of nitrogens with one attached hydrogen (secondary N) is 2. The van der Waals surface area contributed by atoms with Gasteiger partial charge in [-0.2, -0.15) is 5.10 Å². The number of hydrogen-bond acceptors (Lipinski definition) is 16. The van der Waals surface area contributed by atoms with Crippen molar-refractivity contribution in [3.8, 4) is 22.8 Å². The fraction of sp³-hybridized carbons (Fsp3) is 0.532. The molecule has 364 valence electrons. The zero-order valence-corrected chi connectivity index (χ0v) is 39.1. The molecule has 22 heteroatoms. The van der Waals surface area contributed by atoms with Crippen molar-refractivity contribution in [1.82, 2.24) is 54.9 Å². The van der Waals surface area contributed by atoms with Crippen molar-refractivity contribution >= 4 is 52.0 Å². The molecule has 4 saturated heterocycles. The Kier molecular flexibility index (Phi) is 12.1. The lowest BCUT2D eigenvalue weighted by atomic mass is 9.92. The minimum atomic E-state index is -0.746. The zero-order valence-electron chi connectivity index (χ0n) is 39.1. The highest BCUT2D eigenvalue weighted by Crippen LogP contribution is 2.48. The molecule has 20 nitrogen and oxygen atoms in total. The van der Waals surface area contributed by atoms with Crippen LogP contribution in [-0.4, -0.2) is 145 Å². The van der Waals surface area contributed by atoms with Crippen LogP contribution in [0, 0.1) is 24.5 Å². The number of benzene rings is 1. The third kappa shape index (κ3) is 9.25. The molecule has 4 amide bonds. The van der Waals surface area contributed by atoms with E-state index >= 15 is 8.78 Å². The van der Waals surface area contributed by atoms with E-state index < -0.39 is 35.2 Å². The summed E-state index contributed by atoms with van der Waals surface area (Å²) < 4.78 is 43.8. The number of piperazine rings is 1.